The minimum atomic E-state index is 0.390. The number of piperazine rings is 1. The second kappa shape index (κ2) is 7.73. The van der Waals surface area contributed by atoms with Gasteiger partial charge in [-0.05, 0) is 24.0 Å². The van der Waals surface area contributed by atoms with E-state index >= 15 is 0 Å². The molecule has 0 unspecified atom stereocenters. The number of ether oxygens (including phenoxy) is 2. The molecule has 128 valence electrons. The molecule has 1 aromatic carbocycles. The van der Waals surface area contributed by atoms with Crippen molar-refractivity contribution in [2.75, 3.05) is 45.9 Å². The molecule has 1 fully saturated rings. The summed E-state index contributed by atoms with van der Waals surface area (Å²) < 4.78 is 11.9. The van der Waals surface area contributed by atoms with Crippen LogP contribution in [-0.4, -0.2) is 50.8 Å². The van der Waals surface area contributed by atoms with Crippen molar-refractivity contribution in [3.8, 4) is 11.5 Å². The van der Waals surface area contributed by atoms with Crippen molar-refractivity contribution in [1.29, 1.82) is 0 Å². The molecule has 2 aliphatic heterocycles. The fraction of sp³-hybridized carbons (Fsp3) is 0.667. The molecule has 5 heteroatoms. The molecule has 1 N–H and O–H groups in total. The van der Waals surface area contributed by atoms with E-state index in [1.54, 1.807) is 0 Å². The van der Waals surface area contributed by atoms with E-state index < -0.39 is 0 Å². The van der Waals surface area contributed by atoms with Gasteiger partial charge in [-0.2, -0.15) is 0 Å². The number of fused-ring (bicyclic) bond motifs is 1. The zero-order chi connectivity index (χ0) is 16.2. The number of halogens is 1. The molecule has 0 aromatic heterocycles. The first-order chi connectivity index (χ1) is 11.2. The summed E-state index contributed by atoms with van der Waals surface area (Å²) in [7, 11) is 0. The van der Waals surface area contributed by atoms with E-state index in [4.69, 9.17) is 21.1 Å². The fourth-order valence-electron chi connectivity index (χ4n) is 3.41. The lowest BCUT2D eigenvalue weighted by molar-refractivity contribution is 0.243. The Morgan fingerprint density at radius 1 is 1.17 bits per heavy atom. The lowest BCUT2D eigenvalue weighted by Gasteiger charge is -2.28. The maximum Gasteiger partial charge on any atom is 0.180 e. The van der Waals surface area contributed by atoms with Crippen LogP contribution in [0.3, 0.4) is 0 Å². The Morgan fingerprint density at radius 2 is 1.87 bits per heavy atom. The van der Waals surface area contributed by atoms with Gasteiger partial charge in [0, 0.05) is 44.7 Å². The van der Waals surface area contributed by atoms with Crippen LogP contribution in [0.4, 0.5) is 0 Å². The summed E-state index contributed by atoms with van der Waals surface area (Å²) in [6.07, 6.45) is 1.91. The third-order valence-electron chi connectivity index (χ3n) is 4.58. The quantitative estimate of drug-likeness (QED) is 0.914. The molecule has 1 saturated heterocycles. The minimum absolute atomic E-state index is 0.390. The van der Waals surface area contributed by atoms with Gasteiger partial charge in [0.25, 0.3) is 0 Å². The van der Waals surface area contributed by atoms with Gasteiger partial charge >= 0.3 is 0 Å². The first-order valence-corrected chi connectivity index (χ1v) is 9.08. The average Bonchev–Trinajstić information content (AvgIpc) is 2.80. The van der Waals surface area contributed by atoms with Crippen molar-refractivity contribution in [1.82, 2.24) is 10.2 Å². The number of hydrogen-bond donors (Lipinski definition) is 1. The van der Waals surface area contributed by atoms with Crippen LogP contribution >= 0.6 is 11.6 Å². The summed E-state index contributed by atoms with van der Waals surface area (Å²) in [5.41, 5.74) is 2.56. The highest BCUT2D eigenvalue weighted by Gasteiger charge is 2.24. The summed E-state index contributed by atoms with van der Waals surface area (Å²) in [6, 6.07) is 2.09. The largest absolute Gasteiger partial charge is 0.489 e. The van der Waals surface area contributed by atoms with Gasteiger partial charge in [0.1, 0.15) is 0 Å². The molecule has 2 aliphatic rings. The summed E-state index contributed by atoms with van der Waals surface area (Å²) in [5.74, 6) is 2.00. The Bertz CT molecular complexity index is 542. The molecule has 4 nitrogen and oxygen atoms in total. The highest BCUT2D eigenvalue weighted by atomic mass is 35.5. The molecule has 0 atom stereocenters. The Balaban J connectivity index is 1.86. The first-order valence-electron chi connectivity index (χ1n) is 8.70. The monoisotopic (exact) mass is 338 g/mol. The minimum Gasteiger partial charge on any atom is -0.489 e. The van der Waals surface area contributed by atoms with Crippen molar-refractivity contribution in [3.05, 3.63) is 22.2 Å². The standard InChI is InChI=1S/C18H27ClN2O2/c1-13(2)16-14(4-7-21-8-5-20-6-9-21)12-15(19)17-18(16)23-11-3-10-22-17/h12-13,20H,3-11H2,1-2H3. The van der Waals surface area contributed by atoms with Crippen molar-refractivity contribution < 1.29 is 9.47 Å². The van der Waals surface area contributed by atoms with Crippen molar-refractivity contribution >= 4 is 11.6 Å². The van der Waals surface area contributed by atoms with Crippen molar-refractivity contribution in [2.24, 2.45) is 0 Å². The zero-order valence-electron chi connectivity index (χ0n) is 14.2. The van der Waals surface area contributed by atoms with E-state index in [-0.39, 0.29) is 0 Å². The van der Waals surface area contributed by atoms with E-state index in [9.17, 15) is 0 Å². The van der Waals surface area contributed by atoms with Gasteiger partial charge in [-0.25, -0.2) is 0 Å². The van der Waals surface area contributed by atoms with Crippen LogP contribution in [0.25, 0.3) is 0 Å². The van der Waals surface area contributed by atoms with Gasteiger partial charge in [0.15, 0.2) is 11.5 Å². The second-order valence-corrected chi connectivity index (χ2v) is 7.04. The van der Waals surface area contributed by atoms with Crippen LogP contribution in [-0.2, 0) is 6.42 Å². The SMILES string of the molecule is CC(C)c1c(CCN2CCNCC2)cc(Cl)c2c1OCCCO2. The van der Waals surface area contributed by atoms with E-state index in [0.29, 0.717) is 24.2 Å². The normalized spacial score (nSPS) is 19.0. The van der Waals surface area contributed by atoms with E-state index in [1.165, 1.54) is 11.1 Å². The van der Waals surface area contributed by atoms with E-state index in [1.807, 2.05) is 0 Å². The lowest BCUT2D eigenvalue weighted by atomic mass is 9.93. The van der Waals surface area contributed by atoms with Crippen molar-refractivity contribution in [3.63, 3.8) is 0 Å². The molecular formula is C18H27ClN2O2. The fourth-order valence-corrected chi connectivity index (χ4v) is 3.68. The van der Waals surface area contributed by atoms with Crippen LogP contribution in [0, 0.1) is 0 Å². The molecular weight excluding hydrogens is 312 g/mol. The Morgan fingerprint density at radius 3 is 2.57 bits per heavy atom. The molecule has 0 spiro atoms. The van der Waals surface area contributed by atoms with Gasteiger partial charge in [0.05, 0.1) is 18.2 Å². The molecule has 0 saturated carbocycles. The molecule has 3 rings (SSSR count). The lowest BCUT2D eigenvalue weighted by Crippen LogP contribution is -2.44. The van der Waals surface area contributed by atoms with E-state index in [2.05, 4.69) is 30.1 Å². The third-order valence-corrected chi connectivity index (χ3v) is 4.86. The van der Waals surface area contributed by atoms with Crippen LogP contribution in [0.5, 0.6) is 11.5 Å². The summed E-state index contributed by atoms with van der Waals surface area (Å²) in [5, 5.41) is 4.08. The Labute approximate surface area is 144 Å². The Hall–Kier alpha value is -0.970. The zero-order valence-corrected chi connectivity index (χ0v) is 14.9. The highest BCUT2D eigenvalue weighted by molar-refractivity contribution is 6.32. The molecule has 1 aromatic rings. The molecule has 23 heavy (non-hydrogen) atoms. The van der Waals surface area contributed by atoms with Crippen LogP contribution < -0.4 is 14.8 Å². The predicted octanol–water partition coefficient (Wildman–Crippen LogP) is 3.07. The number of nitrogens with zero attached hydrogens (tertiary/aromatic N) is 1. The van der Waals surface area contributed by atoms with Gasteiger partial charge in [-0.3, -0.25) is 0 Å². The predicted molar refractivity (Wildman–Crippen MR) is 94.2 cm³/mol. The van der Waals surface area contributed by atoms with Gasteiger partial charge in [-0.1, -0.05) is 25.4 Å². The number of hydrogen-bond acceptors (Lipinski definition) is 4. The number of benzene rings is 1. The highest BCUT2D eigenvalue weighted by Crippen LogP contribution is 2.44. The smallest absolute Gasteiger partial charge is 0.180 e. The van der Waals surface area contributed by atoms with Crippen molar-refractivity contribution in [2.45, 2.75) is 32.6 Å². The van der Waals surface area contributed by atoms with Crippen LogP contribution in [0.1, 0.15) is 37.3 Å². The topological polar surface area (TPSA) is 33.7 Å². The molecule has 0 radical (unpaired) electrons. The molecule has 0 amide bonds. The number of nitrogens with one attached hydrogen (secondary N) is 1. The van der Waals surface area contributed by atoms with E-state index in [0.717, 1.165) is 57.1 Å². The summed E-state index contributed by atoms with van der Waals surface area (Å²) >= 11 is 6.49. The molecule has 2 heterocycles. The maximum atomic E-state index is 6.49. The van der Waals surface area contributed by atoms with Gasteiger partial charge in [-0.15, -0.1) is 0 Å². The molecule has 0 aliphatic carbocycles. The van der Waals surface area contributed by atoms with Crippen LogP contribution in [0.2, 0.25) is 5.02 Å². The summed E-state index contributed by atoms with van der Waals surface area (Å²) in [6.45, 7) is 11.3. The van der Waals surface area contributed by atoms with Gasteiger partial charge < -0.3 is 19.7 Å². The maximum absolute atomic E-state index is 6.49. The Kier molecular flexibility index (Phi) is 5.67. The van der Waals surface area contributed by atoms with Crippen LogP contribution in [0.15, 0.2) is 6.07 Å². The van der Waals surface area contributed by atoms with Gasteiger partial charge in [0.2, 0.25) is 0 Å². The average molecular weight is 339 g/mol. The third kappa shape index (κ3) is 3.93. The molecule has 0 bridgehead atoms. The number of rotatable bonds is 4. The second-order valence-electron chi connectivity index (χ2n) is 6.64. The summed E-state index contributed by atoms with van der Waals surface area (Å²) in [4.78, 5) is 2.51. The first kappa shape index (κ1) is 16.9.